The van der Waals surface area contributed by atoms with Crippen LogP contribution in [0.25, 0.3) is 11.1 Å². The second-order valence-corrected chi connectivity index (χ2v) is 4.81. The van der Waals surface area contributed by atoms with Crippen LogP contribution in [0.2, 0.25) is 0 Å². The van der Waals surface area contributed by atoms with E-state index in [1.54, 1.807) is 18.2 Å². The SMILES string of the molecule is Cc1cc(F)cc(C(N)c2ccc3[nH]c(=O)oc3c2)c1. The summed E-state index contributed by atoms with van der Waals surface area (Å²) < 4.78 is 18.4. The smallest absolute Gasteiger partial charge is 0.408 e. The molecule has 1 atom stereocenters. The number of nitrogens with two attached hydrogens (primary N) is 1. The van der Waals surface area contributed by atoms with E-state index in [1.165, 1.54) is 12.1 Å². The summed E-state index contributed by atoms with van der Waals surface area (Å²) in [4.78, 5) is 13.7. The van der Waals surface area contributed by atoms with Gasteiger partial charge in [-0.2, -0.15) is 0 Å². The normalized spacial score (nSPS) is 12.8. The third-order valence-corrected chi connectivity index (χ3v) is 3.23. The first-order chi connectivity index (χ1) is 9.52. The molecule has 20 heavy (non-hydrogen) atoms. The van der Waals surface area contributed by atoms with E-state index in [4.69, 9.17) is 10.2 Å². The fourth-order valence-electron chi connectivity index (χ4n) is 2.29. The zero-order valence-corrected chi connectivity index (χ0v) is 10.8. The molecule has 0 radical (unpaired) electrons. The lowest BCUT2D eigenvalue weighted by atomic mass is 9.98. The summed E-state index contributed by atoms with van der Waals surface area (Å²) >= 11 is 0. The van der Waals surface area contributed by atoms with Crippen LogP contribution in [0.4, 0.5) is 4.39 Å². The van der Waals surface area contributed by atoms with E-state index >= 15 is 0 Å². The average Bonchev–Trinajstić information content (AvgIpc) is 2.75. The topological polar surface area (TPSA) is 72.0 Å². The van der Waals surface area contributed by atoms with Crippen molar-refractivity contribution in [1.82, 2.24) is 4.98 Å². The molecular formula is C15H13FN2O2. The van der Waals surface area contributed by atoms with Crippen molar-refractivity contribution in [2.45, 2.75) is 13.0 Å². The molecule has 0 saturated carbocycles. The number of aryl methyl sites for hydroxylation is 1. The predicted molar refractivity (Wildman–Crippen MR) is 74.0 cm³/mol. The van der Waals surface area contributed by atoms with Crippen molar-refractivity contribution in [3.8, 4) is 0 Å². The molecule has 3 N–H and O–H groups in total. The van der Waals surface area contributed by atoms with Gasteiger partial charge >= 0.3 is 5.76 Å². The number of hydrogen-bond acceptors (Lipinski definition) is 3. The second-order valence-electron chi connectivity index (χ2n) is 4.81. The van der Waals surface area contributed by atoms with Gasteiger partial charge in [0.05, 0.1) is 11.6 Å². The molecule has 4 nitrogen and oxygen atoms in total. The number of halogens is 1. The highest BCUT2D eigenvalue weighted by Crippen LogP contribution is 2.24. The molecule has 1 aromatic heterocycles. The van der Waals surface area contributed by atoms with Gasteiger partial charge in [-0.15, -0.1) is 0 Å². The minimum absolute atomic E-state index is 0.315. The Balaban J connectivity index is 2.06. The molecule has 1 unspecified atom stereocenters. The summed E-state index contributed by atoms with van der Waals surface area (Å²) in [5, 5.41) is 0. The number of H-pyrrole nitrogens is 1. The summed E-state index contributed by atoms with van der Waals surface area (Å²) in [6.45, 7) is 1.81. The fraction of sp³-hybridized carbons (Fsp3) is 0.133. The van der Waals surface area contributed by atoms with E-state index in [9.17, 15) is 9.18 Å². The van der Waals surface area contributed by atoms with E-state index in [1.807, 2.05) is 13.0 Å². The van der Waals surface area contributed by atoms with Crippen LogP contribution >= 0.6 is 0 Å². The minimum Gasteiger partial charge on any atom is -0.408 e. The molecule has 0 bridgehead atoms. The Labute approximate surface area is 114 Å². The standard InChI is InChI=1S/C15H13FN2O2/c1-8-4-10(6-11(16)5-8)14(17)9-2-3-12-13(7-9)20-15(19)18-12/h2-7,14H,17H2,1H3,(H,18,19). The fourth-order valence-corrected chi connectivity index (χ4v) is 2.29. The molecule has 5 heteroatoms. The molecule has 0 spiro atoms. The highest BCUT2D eigenvalue weighted by Gasteiger charge is 2.12. The Morgan fingerprint density at radius 3 is 2.75 bits per heavy atom. The summed E-state index contributed by atoms with van der Waals surface area (Å²) in [7, 11) is 0. The van der Waals surface area contributed by atoms with Crippen molar-refractivity contribution < 1.29 is 8.81 Å². The van der Waals surface area contributed by atoms with Gasteiger partial charge in [-0.1, -0.05) is 12.1 Å². The van der Waals surface area contributed by atoms with E-state index in [-0.39, 0.29) is 5.82 Å². The highest BCUT2D eigenvalue weighted by molar-refractivity contribution is 5.73. The number of benzene rings is 2. The van der Waals surface area contributed by atoms with E-state index in [2.05, 4.69) is 4.98 Å². The third kappa shape index (κ3) is 2.23. The Morgan fingerprint density at radius 1 is 1.20 bits per heavy atom. The highest BCUT2D eigenvalue weighted by atomic mass is 19.1. The molecule has 0 fully saturated rings. The van der Waals surface area contributed by atoms with Crippen LogP contribution in [-0.4, -0.2) is 4.98 Å². The number of fused-ring (bicyclic) bond motifs is 1. The molecule has 3 aromatic rings. The summed E-state index contributed by atoms with van der Waals surface area (Å²) in [6, 6.07) is 9.43. The van der Waals surface area contributed by atoms with Crippen molar-refractivity contribution >= 4 is 11.1 Å². The third-order valence-electron chi connectivity index (χ3n) is 3.23. The lowest BCUT2D eigenvalue weighted by Gasteiger charge is -2.13. The van der Waals surface area contributed by atoms with Gasteiger partial charge in [-0.25, -0.2) is 9.18 Å². The molecule has 0 aliphatic carbocycles. The van der Waals surface area contributed by atoms with Crippen LogP contribution in [0.15, 0.2) is 45.6 Å². The maximum atomic E-state index is 13.4. The first-order valence-corrected chi connectivity index (χ1v) is 6.18. The number of nitrogens with one attached hydrogen (secondary N) is 1. The minimum atomic E-state index is -0.507. The molecule has 0 saturated heterocycles. The summed E-state index contributed by atoms with van der Waals surface area (Å²) in [5.74, 6) is -0.822. The van der Waals surface area contributed by atoms with Crippen molar-refractivity contribution in [3.05, 3.63) is 69.5 Å². The van der Waals surface area contributed by atoms with Crippen molar-refractivity contribution in [3.63, 3.8) is 0 Å². The van der Waals surface area contributed by atoms with Crippen LogP contribution in [0.3, 0.4) is 0 Å². The zero-order valence-electron chi connectivity index (χ0n) is 10.8. The maximum absolute atomic E-state index is 13.4. The van der Waals surface area contributed by atoms with Crippen LogP contribution in [0, 0.1) is 12.7 Å². The first-order valence-electron chi connectivity index (χ1n) is 6.18. The first kappa shape index (κ1) is 12.6. The van der Waals surface area contributed by atoms with E-state index in [0.29, 0.717) is 16.7 Å². The number of hydrogen-bond donors (Lipinski definition) is 2. The van der Waals surface area contributed by atoms with Gasteiger partial charge in [0.1, 0.15) is 5.82 Å². The Bertz CT molecular complexity index is 815. The van der Waals surface area contributed by atoms with E-state index < -0.39 is 11.8 Å². The predicted octanol–water partition coefficient (Wildman–Crippen LogP) is 2.62. The van der Waals surface area contributed by atoms with Gasteiger partial charge in [0.2, 0.25) is 0 Å². The Kier molecular flexibility index (Phi) is 2.91. The molecule has 0 aliphatic rings. The van der Waals surface area contributed by atoms with Gasteiger partial charge in [0.25, 0.3) is 0 Å². The van der Waals surface area contributed by atoms with Crippen molar-refractivity contribution in [2.75, 3.05) is 0 Å². The largest absolute Gasteiger partial charge is 0.417 e. The Morgan fingerprint density at radius 2 is 2.00 bits per heavy atom. The van der Waals surface area contributed by atoms with Gasteiger partial charge < -0.3 is 10.2 Å². The number of oxazole rings is 1. The maximum Gasteiger partial charge on any atom is 0.417 e. The van der Waals surface area contributed by atoms with Gasteiger partial charge in [-0.3, -0.25) is 4.98 Å². The summed E-state index contributed by atoms with van der Waals surface area (Å²) in [6.07, 6.45) is 0. The molecule has 0 aliphatic heterocycles. The van der Waals surface area contributed by atoms with Crippen LogP contribution in [-0.2, 0) is 0 Å². The molecule has 102 valence electrons. The van der Waals surface area contributed by atoms with Crippen LogP contribution in [0.5, 0.6) is 0 Å². The lowest BCUT2D eigenvalue weighted by Crippen LogP contribution is -2.12. The zero-order chi connectivity index (χ0) is 14.3. The van der Waals surface area contributed by atoms with Crippen LogP contribution < -0.4 is 11.5 Å². The average molecular weight is 272 g/mol. The second kappa shape index (κ2) is 4.61. The van der Waals surface area contributed by atoms with Crippen molar-refractivity contribution in [2.24, 2.45) is 5.73 Å². The van der Waals surface area contributed by atoms with E-state index in [0.717, 1.165) is 11.1 Å². The monoisotopic (exact) mass is 272 g/mol. The number of aromatic amines is 1. The molecule has 0 amide bonds. The molecule has 1 heterocycles. The van der Waals surface area contributed by atoms with Gasteiger partial charge in [0.15, 0.2) is 5.58 Å². The molecule has 3 rings (SSSR count). The summed E-state index contributed by atoms with van der Waals surface area (Å²) in [5.41, 5.74) is 9.45. The van der Waals surface area contributed by atoms with Gasteiger partial charge in [-0.05, 0) is 47.9 Å². The number of rotatable bonds is 2. The quantitative estimate of drug-likeness (QED) is 0.753. The Hall–Kier alpha value is -2.40. The molecule has 2 aromatic carbocycles. The van der Waals surface area contributed by atoms with Crippen LogP contribution in [0.1, 0.15) is 22.7 Å². The lowest BCUT2D eigenvalue weighted by molar-refractivity contribution is 0.555. The van der Waals surface area contributed by atoms with Gasteiger partial charge in [0, 0.05) is 0 Å². The van der Waals surface area contributed by atoms with Crippen molar-refractivity contribution in [1.29, 1.82) is 0 Å². The number of aromatic nitrogens is 1. The molecular weight excluding hydrogens is 259 g/mol.